The number of halogens is 2. The second kappa shape index (κ2) is 42.5. The number of nitrogen functional groups attached to an aromatic ring is 2. The first-order valence-electron chi connectivity index (χ1n) is 36.7. The SMILES string of the molecule is COc1ccc2c(c1)c(-c1ccc(N)cc1)nn2C.COc1ccc2c(c1)c(-c1ccc(N=C=O)cc1)nn2C.COc1ccc2c(c1)c(-c1ccc(NC(=O)NCc3cnco3)cc1)nn2C.COc1ccc2c(c1)c(I)nn2C.COc1ccc2c(cnn2C)c1.Cl.NCc1cnco1.Nc1ccc(B(O)O)cc1.Oc1ccc2[nH]ncc2c1. The van der Waals surface area contributed by atoms with Crippen molar-refractivity contribution in [2.75, 3.05) is 52.3 Å². The van der Waals surface area contributed by atoms with Crippen molar-refractivity contribution in [2.45, 2.75) is 13.1 Å². The van der Waals surface area contributed by atoms with Gasteiger partial charge in [-0.25, -0.2) is 19.6 Å². The summed E-state index contributed by atoms with van der Waals surface area (Å²) in [4.78, 5) is 33.3. The van der Waals surface area contributed by atoms with Crippen molar-refractivity contribution in [1.82, 2.24) is 74.4 Å². The third-order valence-corrected chi connectivity index (χ3v) is 19.1. The van der Waals surface area contributed by atoms with Crippen LogP contribution in [0.5, 0.6) is 34.5 Å². The molecule has 2 amide bonds. The zero-order valence-electron chi connectivity index (χ0n) is 67.4. The molecule has 18 rings (SSSR count). The Labute approximate surface area is 713 Å². The summed E-state index contributed by atoms with van der Waals surface area (Å²) in [6, 6.07) is 63.3. The van der Waals surface area contributed by atoms with Gasteiger partial charge in [0.15, 0.2) is 12.8 Å². The number of anilines is 3. The minimum Gasteiger partial charge on any atom is -0.508 e. The number of nitrogens with two attached hydrogens (primary N) is 3. The standard InChI is InChI=1S/C20H19N5O3.C16H13N3O2.C15H15N3O.C9H9IN2O.C9H10N2O.C7H6N2O.C6H8BNO2.C4H6N2O.ClH/c1-25-18-8-7-15(27-2)9-17(18)19(24-25)13-3-5-14(6-4-13)23-20(26)22-11-16-10-21-12-28-16;1-19-15-8-7-13(21-2)9-14(15)16(18-19)11-3-5-12(6-4-11)17-10-20;1-18-14-8-7-12(19-2)9-13(14)15(17-18)10-3-5-11(16)6-4-10;1-12-8-4-3-6(13-2)5-7(8)9(10)11-12;1-11-9-4-3-8(12-2)5-7(9)6-10-11;10-6-1-2-7-5(3-6)4-8-9-7;8-6-3-1-5(2-4-6)7(9)10;5-1-4-2-6-3-7-4;/h3-10,12H,11H2,1-2H3,(H2,22,23,26);3-9H,1-2H3;3-9H,16H2,1-2H3;3-5H,1-2H3;3-6H,1-2H3;1-4,10H,(H,8,9);1-4,9-10H,8H2;2-3H,1,5H2;1H. The molecule has 12 N–H and O–H groups in total. The van der Waals surface area contributed by atoms with Crippen molar-refractivity contribution < 1.29 is 57.3 Å². The van der Waals surface area contributed by atoms with Crippen LogP contribution in [0.2, 0.25) is 0 Å². The molecule has 0 bridgehead atoms. The van der Waals surface area contributed by atoms with Crippen LogP contribution in [0.1, 0.15) is 11.5 Å². The molecule has 35 heteroatoms. The molecule has 0 saturated carbocycles. The van der Waals surface area contributed by atoms with Crippen LogP contribution in [-0.4, -0.2) is 139 Å². The van der Waals surface area contributed by atoms with Gasteiger partial charge in [0.05, 0.1) is 112 Å². The van der Waals surface area contributed by atoms with E-state index >= 15 is 0 Å². The number of H-pyrrole nitrogens is 1. The number of aryl methyl sites for hydroxylation is 5. The maximum atomic E-state index is 12.0. The Morgan fingerprint density at radius 1 is 0.512 bits per heavy atom. The molecule has 32 nitrogen and oxygen atoms in total. The number of nitrogens with zero attached hydrogens (tertiary/aromatic N) is 14. The van der Waals surface area contributed by atoms with Crippen molar-refractivity contribution in [3.05, 3.63) is 259 Å². The molecule has 0 aliphatic rings. The van der Waals surface area contributed by atoms with E-state index in [1.54, 1.807) is 109 Å². The smallest absolute Gasteiger partial charge is 0.488 e. The molecule has 10 aromatic carbocycles. The van der Waals surface area contributed by atoms with E-state index in [0.717, 1.165) is 143 Å². The Kier molecular flexibility index (Phi) is 31.2. The van der Waals surface area contributed by atoms with E-state index in [0.29, 0.717) is 34.8 Å². The molecule has 0 atom stereocenters. The Morgan fingerprint density at radius 3 is 1.39 bits per heavy atom. The number of ether oxygens (including phenoxy) is 5. The van der Waals surface area contributed by atoms with Gasteiger partial charge >= 0.3 is 13.1 Å². The van der Waals surface area contributed by atoms with Crippen LogP contribution in [0.15, 0.2) is 258 Å². The van der Waals surface area contributed by atoms with E-state index in [1.165, 1.54) is 18.9 Å². The number of rotatable bonds is 14. The average Bonchev–Trinajstić information content (AvgIpc) is 1.63. The van der Waals surface area contributed by atoms with E-state index in [9.17, 15) is 9.59 Å². The van der Waals surface area contributed by atoms with Crippen LogP contribution >= 0.6 is 35.0 Å². The second-order valence-electron chi connectivity index (χ2n) is 26.1. The van der Waals surface area contributed by atoms with E-state index in [4.69, 9.17) is 64.9 Å². The number of phenolic OH excluding ortho intramolecular Hbond substituents is 1. The molecular formula is C86H87BClIN20O12. The molecule has 8 aromatic heterocycles. The molecule has 0 aliphatic heterocycles. The number of carbonyl (C=O) groups excluding carboxylic acids is 2. The first-order chi connectivity index (χ1) is 58.1. The molecular weight excluding hydrogens is 1680 g/mol. The third kappa shape index (κ3) is 23.2. The Hall–Kier alpha value is -14.5. The number of urea groups is 1. The van der Waals surface area contributed by atoms with E-state index in [-0.39, 0.29) is 30.7 Å². The predicted octanol–water partition coefficient (Wildman–Crippen LogP) is 14.1. The number of oxazole rings is 2. The van der Waals surface area contributed by atoms with Crippen LogP contribution < -0.4 is 57.0 Å². The van der Waals surface area contributed by atoms with Gasteiger partial charge in [0.1, 0.15) is 66.8 Å². The highest BCUT2D eigenvalue weighted by atomic mass is 127. The van der Waals surface area contributed by atoms with Gasteiger partial charge < -0.3 is 75.5 Å². The summed E-state index contributed by atoms with van der Waals surface area (Å²) in [5, 5.41) is 66.9. The number of phenols is 1. The number of carbonyl (C=O) groups is 1. The third-order valence-electron chi connectivity index (χ3n) is 18.3. The molecule has 0 fully saturated rings. The number of fused-ring (bicyclic) bond motifs is 6. The van der Waals surface area contributed by atoms with Gasteiger partial charge in [-0.2, -0.15) is 35.6 Å². The largest absolute Gasteiger partial charge is 0.508 e. The second-order valence-corrected chi connectivity index (χ2v) is 27.2. The van der Waals surface area contributed by atoms with Crippen molar-refractivity contribution in [2.24, 2.45) is 46.0 Å². The number of amides is 2. The van der Waals surface area contributed by atoms with Crippen molar-refractivity contribution in [1.29, 1.82) is 0 Å². The molecule has 8 heterocycles. The molecule has 0 spiro atoms. The fourth-order valence-corrected chi connectivity index (χ4v) is 12.8. The van der Waals surface area contributed by atoms with E-state index in [2.05, 4.69) is 83.9 Å². The van der Waals surface area contributed by atoms with Gasteiger partial charge in [0, 0.05) is 101 Å². The summed E-state index contributed by atoms with van der Waals surface area (Å²) in [6.07, 6.45) is 10.9. The first-order valence-corrected chi connectivity index (χ1v) is 37.8. The first kappa shape index (κ1) is 88.8. The number of hydrogen-bond donors (Lipinski definition) is 9. The quantitative estimate of drug-likeness (QED) is 0.0160. The molecule has 0 aliphatic carbocycles. The number of aromatic nitrogens is 14. The topological polar surface area (TPSA) is 425 Å². The summed E-state index contributed by atoms with van der Waals surface area (Å²) in [5.41, 5.74) is 31.3. The molecule has 0 unspecified atom stereocenters. The maximum absolute atomic E-state index is 12.0. The van der Waals surface area contributed by atoms with Gasteiger partial charge in [0.25, 0.3) is 0 Å². The fraction of sp³-hybridized carbons (Fsp3) is 0.140. The van der Waals surface area contributed by atoms with Crippen molar-refractivity contribution in [3.63, 3.8) is 0 Å². The fourth-order valence-electron chi connectivity index (χ4n) is 12.1. The number of hydrogen-bond acceptors (Lipinski definition) is 24. The van der Waals surface area contributed by atoms with Crippen LogP contribution in [0.4, 0.5) is 27.5 Å². The predicted molar refractivity (Wildman–Crippen MR) is 480 cm³/mol. The lowest BCUT2D eigenvalue weighted by atomic mass is 9.80. The van der Waals surface area contributed by atoms with Gasteiger partial charge in [0.2, 0.25) is 6.08 Å². The van der Waals surface area contributed by atoms with Crippen LogP contribution in [0.25, 0.3) is 99.2 Å². The molecule has 0 saturated heterocycles. The summed E-state index contributed by atoms with van der Waals surface area (Å²) in [5.74, 6) is 5.73. The molecule has 0 radical (unpaired) electrons. The highest BCUT2D eigenvalue weighted by molar-refractivity contribution is 14.1. The van der Waals surface area contributed by atoms with Crippen molar-refractivity contribution in [3.8, 4) is 68.3 Å². The molecule has 18 aromatic rings. The van der Waals surface area contributed by atoms with E-state index < -0.39 is 7.12 Å². The Balaban J connectivity index is 0.000000150. The number of benzene rings is 10. The Bertz CT molecular complexity index is 6430. The van der Waals surface area contributed by atoms with E-state index in [1.807, 2.05) is 217 Å². The summed E-state index contributed by atoms with van der Waals surface area (Å²) in [7, 11) is 16.5. The minimum absolute atomic E-state index is 0. The number of aromatic amines is 1. The van der Waals surface area contributed by atoms with Crippen LogP contribution in [0.3, 0.4) is 0 Å². The zero-order valence-corrected chi connectivity index (χ0v) is 70.4. The molecule has 121 heavy (non-hydrogen) atoms. The number of isocyanates is 1. The summed E-state index contributed by atoms with van der Waals surface area (Å²) in [6.45, 7) is 0.700. The van der Waals surface area contributed by atoms with Gasteiger partial charge in [-0.05, 0) is 186 Å². The van der Waals surface area contributed by atoms with Crippen molar-refractivity contribution >= 4 is 148 Å². The number of methoxy groups -OCH3 is 5. The lowest BCUT2D eigenvalue weighted by Gasteiger charge is -2.07. The Morgan fingerprint density at radius 2 is 0.942 bits per heavy atom. The number of aromatic hydroxyl groups is 1. The average molecular weight is 1770 g/mol. The minimum atomic E-state index is -1.40. The molecule has 620 valence electrons. The summed E-state index contributed by atoms with van der Waals surface area (Å²) < 4.78 is 46.2. The zero-order chi connectivity index (χ0) is 85.4. The highest BCUT2D eigenvalue weighted by Crippen LogP contribution is 2.35. The maximum Gasteiger partial charge on any atom is 0.488 e. The summed E-state index contributed by atoms with van der Waals surface area (Å²) >= 11 is 2.22. The number of nitrogens with one attached hydrogen (secondary N) is 3. The lowest BCUT2D eigenvalue weighted by molar-refractivity contribution is 0.251. The highest BCUT2D eigenvalue weighted by Gasteiger charge is 2.17. The normalized spacial score (nSPS) is 10.4. The number of aliphatic imine (C=N–C) groups is 1. The van der Waals surface area contributed by atoms with Crippen LogP contribution in [0, 0.1) is 3.70 Å². The monoisotopic (exact) mass is 1760 g/mol. The van der Waals surface area contributed by atoms with Crippen LogP contribution in [-0.2, 0) is 53.1 Å². The lowest BCUT2D eigenvalue weighted by Crippen LogP contribution is -2.29. The van der Waals surface area contributed by atoms with Gasteiger partial charge in [-0.1, -0.05) is 48.5 Å². The van der Waals surface area contributed by atoms with Gasteiger partial charge in [-0.15, -0.1) is 12.4 Å². The van der Waals surface area contributed by atoms with Gasteiger partial charge in [-0.3, -0.25) is 28.5 Å².